The number of fused-ring (bicyclic) bond motifs is 1. The summed E-state index contributed by atoms with van der Waals surface area (Å²) in [6, 6.07) is 18.0. The number of aromatic nitrogens is 1. The monoisotopic (exact) mass is 347 g/mol. The molecule has 0 saturated heterocycles. The van der Waals surface area contributed by atoms with Crippen molar-refractivity contribution in [1.82, 2.24) is 4.98 Å². The molecule has 2 aromatic carbocycles. The lowest BCUT2D eigenvalue weighted by Gasteiger charge is -2.39. The van der Waals surface area contributed by atoms with Crippen LogP contribution in [0.1, 0.15) is 30.7 Å². The standard InChI is InChI=1S/C21H21N3O2/c1-14-11-17(21(22)25)16-9-5-6-10-18(16)24(14)13-20-23-12-19(26-20)15-7-3-2-4-8-15/h2-10,12,14,17H,11,13H2,1H3,(H2,22,25)/t14-,17-/m1/s1. The highest BCUT2D eigenvalue weighted by atomic mass is 16.4. The van der Waals surface area contributed by atoms with Crippen LogP contribution in [0.4, 0.5) is 5.69 Å². The fourth-order valence-corrected chi connectivity index (χ4v) is 3.65. The first kappa shape index (κ1) is 16.4. The van der Waals surface area contributed by atoms with Crippen LogP contribution in [0.15, 0.2) is 65.2 Å². The van der Waals surface area contributed by atoms with E-state index < -0.39 is 0 Å². The van der Waals surface area contributed by atoms with Gasteiger partial charge in [-0.15, -0.1) is 0 Å². The largest absolute Gasteiger partial charge is 0.439 e. The predicted molar refractivity (Wildman–Crippen MR) is 101 cm³/mol. The minimum absolute atomic E-state index is 0.162. The number of carbonyl (C=O) groups is 1. The smallest absolute Gasteiger partial charge is 0.225 e. The molecule has 0 unspecified atom stereocenters. The summed E-state index contributed by atoms with van der Waals surface area (Å²) in [6.07, 6.45) is 2.45. The number of nitrogens with two attached hydrogens (primary N) is 1. The average molecular weight is 347 g/mol. The molecular formula is C21H21N3O2. The van der Waals surface area contributed by atoms with Crippen LogP contribution in [0.5, 0.6) is 0 Å². The maximum Gasteiger partial charge on any atom is 0.225 e. The molecule has 0 aliphatic carbocycles. The number of para-hydroxylation sites is 1. The van der Waals surface area contributed by atoms with E-state index >= 15 is 0 Å². The first-order valence-corrected chi connectivity index (χ1v) is 8.78. The average Bonchev–Trinajstić information content (AvgIpc) is 3.13. The molecule has 5 heteroatoms. The number of primary amides is 1. The van der Waals surface area contributed by atoms with Crippen molar-refractivity contribution in [2.45, 2.75) is 31.8 Å². The van der Waals surface area contributed by atoms with Gasteiger partial charge >= 0.3 is 0 Å². The van der Waals surface area contributed by atoms with E-state index in [9.17, 15) is 4.79 Å². The lowest BCUT2D eigenvalue weighted by atomic mass is 9.85. The molecule has 1 aliphatic heterocycles. The Morgan fingerprint density at radius 3 is 2.69 bits per heavy atom. The molecule has 132 valence electrons. The van der Waals surface area contributed by atoms with E-state index in [-0.39, 0.29) is 17.9 Å². The van der Waals surface area contributed by atoms with Crippen molar-refractivity contribution in [1.29, 1.82) is 0 Å². The van der Waals surface area contributed by atoms with Crippen molar-refractivity contribution < 1.29 is 9.21 Å². The number of oxazole rings is 1. The molecule has 3 aromatic rings. The first-order valence-electron chi connectivity index (χ1n) is 8.78. The molecule has 2 N–H and O–H groups in total. The van der Waals surface area contributed by atoms with Crippen molar-refractivity contribution in [2.24, 2.45) is 5.73 Å². The third kappa shape index (κ3) is 2.96. The Morgan fingerprint density at radius 1 is 1.19 bits per heavy atom. The van der Waals surface area contributed by atoms with Gasteiger partial charge in [0.15, 0.2) is 5.76 Å². The molecule has 1 amide bonds. The molecule has 0 fully saturated rings. The van der Waals surface area contributed by atoms with Gasteiger partial charge in [0, 0.05) is 17.3 Å². The Kier molecular flexibility index (Phi) is 4.21. The number of benzene rings is 2. The zero-order valence-corrected chi connectivity index (χ0v) is 14.6. The van der Waals surface area contributed by atoms with Crippen molar-refractivity contribution >= 4 is 11.6 Å². The molecule has 0 saturated carbocycles. The molecule has 2 heterocycles. The van der Waals surface area contributed by atoms with Crippen LogP contribution in [0.3, 0.4) is 0 Å². The number of anilines is 1. The Morgan fingerprint density at radius 2 is 1.92 bits per heavy atom. The number of rotatable bonds is 4. The zero-order valence-electron chi connectivity index (χ0n) is 14.6. The van der Waals surface area contributed by atoms with Gasteiger partial charge < -0.3 is 15.1 Å². The third-order valence-electron chi connectivity index (χ3n) is 4.99. The second kappa shape index (κ2) is 6.67. The van der Waals surface area contributed by atoms with Gasteiger partial charge in [-0.1, -0.05) is 48.5 Å². The second-order valence-corrected chi connectivity index (χ2v) is 6.71. The van der Waals surface area contributed by atoms with Crippen molar-refractivity contribution in [2.75, 3.05) is 4.90 Å². The van der Waals surface area contributed by atoms with Gasteiger partial charge in [0.05, 0.1) is 18.7 Å². The van der Waals surface area contributed by atoms with Gasteiger partial charge in [0.1, 0.15) is 0 Å². The fourth-order valence-electron chi connectivity index (χ4n) is 3.65. The summed E-state index contributed by atoms with van der Waals surface area (Å²) >= 11 is 0. The van der Waals surface area contributed by atoms with E-state index in [1.807, 2.05) is 54.6 Å². The van der Waals surface area contributed by atoms with Crippen LogP contribution in [-0.2, 0) is 11.3 Å². The SMILES string of the molecule is C[C@@H]1C[C@@H](C(N)=O)c2ccccc2N1Cc1ncc(-c2ccccc2)o1. The predicted octanol–water partition coefficient (Wildman–Crippen LogP) is 3.71. The number of carbonyl (C=O) groups excluding carboxylic acids is 1. The maximum absolute atomic E-state index is 11.9. The number of amides is 1. The highest BCUT2D eigenvalue weighted by Gasteiger charge is 2.33. The van der Waals surface area contributed by atoms with E-state index in [1.54, 1.807) is 6.20 Å². The Hall–Kier alpha value is -3.08. The van der Waals surface area contributed by atoms with Crippen LogP contribution >= 0.6 is 0 Å². The summed E-state index contributed by atoms with van der Waals surface area (Å²) in [5.41, 5.74) is 8.63. The van der Waals surface area contributed by atoms with Crippen LogP contribution in [0.25, 0.3) is 11.3 Å². The van der Waals surface area contributed by atoms with Gasteiger partial charge in [-0.3, -0.25) is 4.79 Å². The number of hydrogen-bond acceptors (Lipinski definition) is 4. The molecule has 1 aromatic heterocycles. The zero-order chi connectivity index (χ0) is 18.1. The molecule has 2 atom stereocenters. The molecule has 1 aliphatic rings. The van der Waals surface area contributed by atoms with E-state index in [1.165, 1.54) is 0 Å². The Balaban J connectivity index is 1.63. The Bertz CT molecular complexity index is 920. The van der Waals surface area contributed by atoms with Crippen LogP contribution in [0, 0.1) is 0 Å². The molecular weight excluding hydrogens is 326 g/mol. The van der Waals surface area contributed by atoms with Crippen molar-refractivity contribution in [3.8, 4) is 11.3 Å². The minimum atomic E-state index is -0.272. The van der Waals surface area contributed by atoms with Gasteiger partial charge in [0.2, 0.25) is 11.8 Å². The summed E-state index contributed by atoms with van der Waals surface area (Å²) in [4.78, 5) is 18.5. The summed E-state index contributed by atoms with van der Waals surface area (Å²) in [5, 5.41) is 0. The Labute approximate surface area is 152 Å². The first-order chi connectivity index (χ1) is 12.6. The van der Waals surface area contributed by atoms with Crippen LogP contribution in [0.2, 0.25) is 0 Å². The van der Waals surface area contributed by atoms with Gasteiger partial charge in [-0.25, -0.2) is 4.98 Å². The maximum atomic E-state index is 11.9. The van der Waals surface area contributed by atoms with E-state index in [0.717, 1.165) is 22.6 Å². The lowest BCUT2D eigenvalue weighted by Crippen LogP contribution is -2.41. The number of hydrogen-bond donors (Lipinski definition) is 1. The quantitative estimate of drug-likeness (QED) is 0.781. The van der Waals surface area contributed by atoms with E-state index in [0.29, 0.717) is 18.9 Å². The summed E-state index contributed by atoms with van der Waals surface area (Å²) in [5.74, 6) is 0.893. The van der Waals surface area contributed by atoms with Gasteiger partial charge in [0.25, 0.3) is 0 Å². The molecule has 0 spiro atoms. The van der Waals surface area contributed by atoms with Crippen LogP contribution in [-0.4, -0.2) is 16.9 Å². The highest BCUT2D eigenvalue weighted by Crippen LogP contribution is 2.39. The molecule has 4 rings (SSSR count). The topological polar surface area (TPSA) is 72.4 Å². The second-order valence-electron chi connectivity index (χ2n) is 6.71. The molecule has 5 nitrogen and oxygen atoms in total. The fraction of sp³-hybridized carbons (Fsp3) is 0.238. The van der Waals surface area contributed by atoms with Gasteiger partial charge in [-0.2, -0.15) is 0 Å². The molecule has 0 radical (unpaired) electrons. The van der Waals surface area contributed by atoms with Crippen molar-refractivity contribution in [3.05, 3.63) is 72.2 Å². The summed E-state index contributed by atoms with van der Waals surface area (Å²) in [6.45, 7) is 2.66. The van der Waals surface area contributed by atoms with E-state index in [2.05, 4.69) is 16.8 Å². The van der Waals surface area contributed by atoms with Crippen molar-refractivity contribution in [3.63, 3.8) is 0 Å². The summed E-state index contributed by atoms with van der Waals surface area (Å²) < 4.78 is 5.97. The third-order valence-corrected chi connectivity index (χ3v) is 4.99. The minimum Gasteiger partial charge on any atom is -0.439 e. The normalized spacial score (nSPS) is 19.2. The molecule has 0 bridgehead atoms. The number of nitrogens with zero attached hydrogens (tertiary/aromatic N) is 2. The van der Waals surface area contributed by atoms with Crippen LogP contribution < -0.4 is 10.6 Å². The summed E-state index contributed by atoms with van der Waals surface area (Å²) in [7, 11) is 0. The van der Waals surface area contributed by atoms with Gasteiger partial charge in [-0.05, 0) is 25.0 Å². The lowest BCUT2D eigenvalue weighted by molar-refractivity contribution is -0.119. The molecule has 26 heavy (non-hydrogen) atoms. The van der Waals surface area contributed by atoms with E-state index in [4.69, 9.17) is 10.2 Å². The highest BCUT2D eigenvalue weighted by molar-refractivity contribution is 5.85.